The number of carbonyl (C=O) groups is 1. The highest BCUT2D eigenvalue weighted by Crippen LogP contribution is 2.29. The maximum atomic E-state index is 12.5. The number of hydrogen-bond acceptors (Lipinski definition) is 5. The van der Waals surface area contributed by atoms with E-state index in [1.807, 2.05) is 44.2 Å². The summed E-state index contributed by atoms with van der Waals surface area (Å²) in [7, 11) is 0. The van der Waals surface area contributed by atoms with Gasteiger partial charge < -0.3 is 13.8 Å². The minimum atomic E-state index is -0.431. The van der Waals surface area contributed by atoms with Crippen LogP contribution in [0.1, 0.15) is 23.1 Å². The maximum Gasteiger partial charge on any atom is 0.339 e. The molecule has 0 saturated heterocycles. The molecule has 0 atom stereocenters. The minimum Gasteiger partial charge on any atom is -0.464 e. The number of hydrogen-bond donors (Lipinski definition) is 2. The summed E-state index contributed by atoms with van der Waals surface area (Å²) in [5, 5.41) is 4.58. The van der Waals surface area contributed by atoms with Crippen LogP contribution in [0.3, 0.4) is 0 Å². The van der Waals surface area contributed by atoms with Crippen molar-refractivity contribution in [3.63, 3.8) is 0 Å². The van der Waals surface area contributed by atoms with Crippen molar-refractivity contribution >= 4 is 44.8 Å². The van der Waals surface area contributed by atoms with E-state index in [0.717, 1.165) is 32.9 Å². The van der Waals surface area contributed by atoms with Gasteiger partial charge in [-0.15, -0.1) is 0 Å². The number of anilines is 1. The molecule has 0 aliphatic rings. The summed E-state index contributed by atoms with van der Waals surface area (Å²) >= 11 is 0. The van der Waals surface area contributed by atoms with Crippen molar-refractivity contribution in [2.75, 3.05) is 5.32 Å². The third-order valence-corrected chi connectivity index (χ3v) is 5.42. The number of para-hydroxylation sites is 2. The van der Waals surface area contributed by atoms with Crippen LogP contribution < -0.4 is 10.9 Å². The number of rotatable bonds is 4. The summed E-state index contributed by atoms with van der Waals surface area (Å²) in [5.41, 5.74) is 4.70. The molecule has 30 heavy (non-hydrogen) atoms. The molecule has 5 aromatic rings. The van der Waals surface area contributed by atoms with Crippen LogP contribution in [0, 0.1) is 13.8 Å². The van der Waals surface area contributed by atoms with Crippen LogP contribution in [-0.2, 0) is 11.2 Å². The molecule has 5 rings (SSSR count). The number of amides is 1. The second-order valence-electron chi connectivity index (χ2n) is 7.41. The fourth-order valence-electron chi connectivity index (χ4n) is 3.77. The van der Waals surface area contributed by atoms with E-state index >= 15 is 0 Å². The average molecular weight is 401 g/mol. The number of aromatic amines is 1. The number of imidazole rings is 1. The van der Waals surface area contributed by atoms with Crippen LogP contribution in [0.2, 0.25) is 0 Å². The van der Waals surface area contributed by atoms with Crippen LogP contribution in [0.25, 0.3) is 33.0 Å². The van der Waals surface area contributed by atoms with Crippen molar-refractivity contribution in [3.8, 4) is 0 Å². The second kappa shape index (κ2) is 6.88. The van der Waals surface area contributed by atoms with E-state index in [4.69, 9.17) is 8.83 Å². The number of benzene rings is 2. The highest BCUT2D eigenvalue weighted by molar-refractivity contribution is 5.96. The van der Waals surface area contributed by atoms with Crippen molar-refractivity contribution in [2.45, 2.75) is 26.7 Å². The molecule has 3 aromatic heterocycles. The van der Waals surface area contributed by atoms with E-state index in [1.54, 1.807) is 12.3 Å². The van der Waals surface area contributed by atoms with Gasteiger partial charge in [0.2, 0.25) is 11.9 Å². The molecule has 7 heteroatoms. The largest absolute Gasteiger partial charge is 0.464 e. The molecular weight excluding hydrogens is 382 g/mol. The van der Waals surface area contributed by atoms with Gasteiger partial charge in [-0.3, -0.25) is 10.1 Å². The number of fused-ring (bicyclic) bond motifs is 3. The summed E-state index contributed by atoms with van der Waals surface area (Å²) in [6.45, 7) is 3.85. The lowest BCUT2D eigenvalue weighted by molar-refractivity contribution is -0.116. The van der Waals surface area contributed by atoms with Gasteiger partial charge in [-0.2, -0.15) is 0 Å². The molecule has 0 spiro atoms. The van der Waals surface area contributed by atoms with E-state index in [0.29, 0.717) is 22.7 Å². The second-order valence-corrected chi connectivity index (χ2v) is 7.41. The Kier molecular flexibility index (Phi) is 4.17. The number of H-pyrrole nitrogens is 1. The number of carbonyl (C=O) groups excluding carboxylic acids is 1. The Morgan fingerprint density at radius 1 is 1.13 bits per heavy atom. The van der Waals surface area contributed by atoms with Gasteiger partial charge in [0.25, 0.3) is 0 Å². The maximum absolute atomic E-state index is 12.5. The van der Waals surface area contributed by atoms with E-state index in [9.17, 15) is 9.59 Å². The number of nitrogens with one attached hydrogen (secondary N) is 2. The number of aromatic nitrogens is 2. The molecule has 0 aliphatic heterocycles. The summed E-state index contributed by atoms with van der Waals surface area (Å²) in [4.78, 5) is 32.4. The SMILES string of the molecule is Cc1coc2cc3oc(=O)c(CCC(=O)Nc4nc5ccccc5[nH]4)c(C)c3cc12. The van der Waals surface area contributed by atoms with E-state index in [2.05, 4.69) is 15.3 Å². The Morgan fingerprint density at radius 2 is 1.97 bits per heavy atom. The fourth-order valence-corrected chi connectivity index (χ4v) is 3.77. The van der Waals surface area contributed by atoms with Crippen molar-refractivity contribution in [1.82, 2.24) is 9.97 Å². The van der Waals surface area contributed by atoms with Crippen molar-refractivity contribution in [3.05, 3.63) is 69.8 Å². The molecule has 0 unspecified atom stereocenters. The van der Waals surface area contributed by atoms with Gasteiger partial charge in [-0.25, -0.2) is 9.78 Å². The molecule has 0 bridgehead atoms. The summed E-state index contributed by atoms with van der Waals surface area (Å²) < 4.78 is 11.0. The van der Waals surface area contributed by atoms with Gasteiger partial charge in [0.15, 0.2) is 0 Å². The average Bonchev–Trinajstić information content (AvgIpc) is 3.29. The lowest BCUT2D eigenvalue weighted by atomic mass is 10.0. The summed E-state index contributed by atoms with van der Waals surface area (Å²) in [6, 6.07) is 11.2. The Morgan fingerprint density at radius 3 is 2.80 bits per heavy atom. The molecule has 150 valence electrons. The molecule has 2 aromatic carbocycles. The van der Waals surface area contributed by atoms with Gasteiger partial charge in [0, 0.05) is 28.8 Å². The third-order valence-electron chi connectivity index (χ3n) is 5.42. The van der Waals surface area contributed by atoms with E-state index in [-0.39, 0.29) is 18.7 Å². The molecule has 0 fully saturated rings. The first-order valence-electron chi connectivity index (χ1n) is 9.68. The molecule has 3 heterocycles. The van der Waals surface area contributed by atoms with Crippen LogP contribution in [0.4, 0.5) is 5.95 Å². The minimum absolute atomic E-state index is 0.140. The smallest absolute Gasteiger partial charge is 0.339 e. The van der Waals surface area contributed by atoms with Crippen LogP contribution >= 0.6 is 0 Å². The van der Waals surface area contributed by atoms with Crippen molar-refractivity contribution in [1.29, 1.82) is 0 Å². The molecular formula is C23H19N3O4. The predicted octanol–water partition coefficient (Wildman–Crippen LogP) is 4.60. The van der Waals surface area contributed by atoms with Crippen LogP contribution in [-0.4, -0.2) is 15.9 Å². The normalized spacial score (nSPS) is 11.5. The summed E-state index contributed by atoms with van der Waals surface area (Å²) in [6.07, 6.45) is 2.10. The predicted molar refractivity (Wildman–Crippen MR) is 115 cm³/mol. The van der Waals surface area contributed by atoms with E-state index in [1.165, 1.54) is 0 Å². The number of aryl methyl sites for hydroxylation is 2. The molecule has 2 N–H and O–H groups in total. The van der Waals surface area contributed by atoms with Gasteiger partial charge in [0.1, 0.15) is 11.2 Å². The van der Waals surface area contributed by atoms with E-state index < -0.39 is 5.63 Å². The molecule has 0 saturated carbocycles. The molecule has 0 aliphatic carbocycles. The number of nitrogens with zero attached hydrogens (tertiary/aromatic N) is 1. The standard InChI is InChI=1S/C23H19N3O4/c1-12-11-29-19-10-20-16(9-15(12)19)13(2)14(22(28)30-20)7-8-21(27)26-23-24-17-5-3-4-6-18(17)25-23/h3-6,9-11H,7-8H2,1-2H3,(H2,24,25,26,27). The molecule has 7 nitrogen and oxygen atoms in total. The first kappa shape index (κ1) is 18.2. The van der Waals surface area contributed by atoms with Gasteiger partial charge in [-0.1, -0.05) is 12.1 Å². The lowest BCUT2D eigenvalue weighted by Crippen LogP contribution is -2.17. The Labute approximate surface area is 170 Å². The Bertz CT molecular complexity index is 1460. The topological polar surface area (TPSA) is 101 Å². The molecule has 1 amide bonds. The summed E-state index contributed by atoms with van der Waals surface area (Å²) in [5.74, 6) is 0.162. The highest BCUT2D eigenvalue weighted by Gasteiger charge is 2.16. The van der Waals surface area contributed by atoms with Crippen molar-refractivity contribution in [2.24, 2.45) is 0 Å². The van der Waals surface area contributed by atoms with Gasteiger partial charge in [-0.05, 0) is 49.6 Å². The quantitative estimate of drug-likeness (QED) is 0.429. The third kappa shape index (κ3) is 3.04. The number of furan rings is 1. The molecule has 0 radical (unpaired) electrons. The first-order chi connectivity index (χ1) is 14.5. The lowest BCUT2D eigenvalue weighted by Gasteiger charge is -2.08. The zero-order chi connectivity index (χ0) is 20.8. The zero-order valence-corrected chi connectivity index (χ0v) is 16.5. The van der Waals surface area contributed by atoms with Crippen molar-refractivity contribution < 1.29 is 13.6 Å². The highest BCUT2D eigenvalue weighted by atomic mass is 16.4. The van der Waals surface area contributed by atoms with Crippen LogP contribution in [0.15, 0.2) is 56.3 Å². The Balaban J connectivity index is 1.40. The zero-order valence-electron chi connectivity index (χ0n) is 16.5. The first-order valence-corrected chi connectivity index (χ1v) is 9.68. The Hall–Kier alpha value is -3.87. The van der Waals surface area contributed by atoms with Gasteiger partial charge >= 0.3 is 5.63 Å². The van der Waals surface area contributed by atoms with Gasteiger partial charge in [0.05, 0.1) is 17.3 Å². The monoisotopic (exact) mass is 401 g/mol. The fraction of sp³-hybridized carbons (Fsp3) is 0.174. The van der Waals surface area contributed by atoms with Crippen LogP contribution in [0.5, 0.6) is 0 Å².